The molecule has 6 heteroatoms. The first-order chi connectivity index (χ1) is 17.5. The molecule has 4 rings (SSSR count). The first-order valence-corrected chi connectivity index (χ1v) is 11.9. The van der Waals surface area contributed by atoms with Gasteiger partial charge in [0.15, 0.2) is 0 Å². The number of ether oxygens (including phenoxy) is 3. The average molecular weight is 481 g/mol. The summed E-state index contributed by atoms with van der Waals surface area (Å²) < 4.78 is 17.4. The normalized spacial score (nSPS) is 11.1. The number of nitriles is 1. The molecule has 1 heterocycles. The minimum atomic E-state index is -0.482. The van der Waals surface area contributed by atoms with Crippen LogP contribution in [0.15, 0.2) is 72.8 Å². The third kappa shape index (κ3) is 5.42. The van der Waals surface area contributed by atoms with Crippen molar-refractivity contribution in [2.24, 2.45) is 0 Å². The van der Waals surface area contributed by atoms with Gasteiger partial charge in [0, 0.05) is 28.1 Å². The molecule has 1 aromatic heterocycles. The maximum absolute atomic E-state index is 12.8. The Bertz CT molecular complexity index is 1410. The standard InChI is InChI=1S/C30H28N2O4/c1-4-34-30(33)29-24(11-8-18-31)28-25(32-29)16-17-26(35-19-21-9-6-5-7-10-21)27(28)22-12-14-23(15-13-22)36-20(2)3/h5-17,20,32H,4,19H2,1-3H3. The van der Waals surface area contributed by atoms with Crippen LogP contribution in [0.25, 0.3) is 28.1 Å². The predicted molar refractivity (Wildman–Crippen MR) is 141 cm³/mol. The van der Waals surface area contributed by atoms with E-state index in [2.05, 4.69) is 4.98 Å². The Labute approximate surface area is 210 Å². The molecule has 0 amide bonds. The number of allylic oxidation sites excluding steroid dienone is 1. The number of hydrogen-bond donors (Lipinski definition) is 1. The molecule has 1 N–H and O–H groups in total. The van der Waals surface area contributed by atoms with Gasteiger partial charge in [0.1, 0.15) is 23.8 Å². The number of rotatable bonds is 9. The van der Waals surface area contributed by atoms with E-state index in [1.54, 1.807) is 13.0 Å². The second-order valence-corrected chi connectivity index (χ2v) is 8.42. The number of carbonyl (C=O) groups excluding carboxylic acids is 1. The molecule has 0 saturated carbocycles. The van der Waals surface area contributed by atoms with E-state index in [1.807, 2.05) is 86.6 Å². The van der Waals surface area contributed by atoms with Gasteiger partial charge in [-0.15, -0.1) is 0 Å². The van der Waals surface area contributed by atoms with Gasteiger partial charge < -0.3 is 19.2 Å². The van der Waals surface area contributed by atoms with Crippen LogP contribution >= 0.6 is 0 Å². The lowest BCUT2D eigenvalue weighted by Crippen LogP contribution is -2.06. The van der Waals surface area contributed by atoms with Crippen molar-refractivity contribution in [2.75, 3.05) is 6.61 Å². The molecule has 0 saturated heterocycles. The summed E-state index contributed by atoms with van der Waals surface area (Å²) in [4.78, 5) is 16.0. The highest BCUT2D eigenvalue weighted by Crippen LogP contribution is 2.41. The van der Waals surface area contributed by atoms with Crippen molar-refractivity contribution in [3.63, 3.8) is 0 Å². The Morgan fingerprint density at radius 2 is 1.81 bits per heavy atom. The van der Waals surface area contributed by atoms with Crippen molar-refractivity contribution < 1.29 is 19.0 Å². The number of H-pyrrole nitrogens is 1. The molecule has 6 nitrogen and oxygen atoms in total. The maximum Gasteiger partial charge on any atom is 0.355 e. The predicted octanol–water partition coefficient (Wildman–Crippen LogP) is 6.91. The van der Waals surface area contributed by atoms with E-state index >= 15 is 0 Å². The number of carbonyl (C=O) groups is 1. The zero-order chi connectivity index (χ0) is 25.5. The van der Waals surface area contributed by atoms with Gasteiger partial charge in [-0.3, -0.25) is 0 Å². The molecule has 0 aliphatic carbocycles. The lowest BCUT2D eigenvalue weighted by molar-refractivity contribution is 0.0520. The van der Waals surface area contributed by atoms with Crippen LogP contribution in [0, 0.1) is 11.3 Å². The lowest BCUT2D eigenvalue weighted by atomic mass is 9.96. The summed E-state index contributed by atoms with van der Waals surface area (Å²) in [6.07, 6.45) is 3.04. The number of hydrogen-bond acceptors (Lipinski definition) is 5. The fraction of sp³-hybridized carbons (Fsp3) is 0.200. The number of benzene rings is 3. The zero-order valence-electron chi connectivity index (χ0n) is 20.6. The summed E-state index contributed by atoms with van der Waals surface area (Å²) >= 11 is 0. The molecule has 0 aliphatic heterocycles. The molecule has 36 heavy (non-hydrogen) atoms. The van der Waals surface area contributed by atoms with Gasteiger partial charge in [-0.05, 0) is 62.2 Å². The average Bonchev–Trinajstić information content (AvgIpc) is 3.25. The van der Waals surface area contributed by atoms with Crippen molar-refractivity contribution in [3.05, 3.63) is 89.6 Å². The summed E-state index contributed by atoms with van der Waals surface area (Å²) in [5.41, 5.74) is 4.34. The van der Waals surface area contributed by atoms with E-state index in [0.29, 0.717) is 23.6 Å². The Morgan fingerprint density at radius 3 is 2.47 bits per heavy atom. The number of esters is 1. The van der Waals surface area contributed by atoms with Crippen molar-refractivity contribution in [1.29, 1.82) is 5.26 Å². The van der Waals surface area contributed by atoms with E-state index in [1.165, 1.54) is 6.08 Å². The van der Waals surface area contributed by atoms with E-state index < -0.39 is 5.97 Å². The van der Waals surface area contributed by atoms with E-state index in [0.717, 1.165) is 33.3 Å². The zero-order valence-corrected chi connectivity index (χ0v) is 20.6. The summed E-state index contributed by atoms with van der Waals surface area (Å²) in [5, 5.41) is 9.99. The molecule has 0 atom stereocenters. The summed E-state index contributed by atoms with van der Waals surface area (Å²) in [5.74, 6) is 0.938. The van der Waals surface area contributed by atoms with Crippen LogP contribution in [-0.2, 0) is 11.3 Å². The highest BCUT2D eigenvalue weighted by molar-refractivity contribution is 6.09. The van der Waals surface area contributed by atoms with Crippen molar-refractivity contribution in [2.45, 2.75) is 33.5 Å². The summed E-state index contributed by atoms with van der Waals surface area (Å²) in [6.45, 7) is 6.34. The van der Waals surface area contributed by atoms with Gasteiger partial charge in [0.25, 0.3) is 0 Å². The SMILES string of the molecule is CCOC(=O)c1[nH]c2ccc(OCc3ccccc3)c(-c3ccc(OC(C)C)cc3)c2c1C=CC#N. The highest BCUT2D eigenvalue weighted by atomic mass is 16.5. The van der Waals surface area contributed by atoms with E-state index in [-0.39, 0.29) is 12.7 Å². The van der Waals surface area contributed by atoms with Crippen molar-refractivity contribution >= 4 is 22.9 Å². The second-order valence-electron chi connectivity index (χ2n) is 8.42. The molecule has 182 valence electrons. The summed E-state index contributed by atoms with van der Waals surface area (Å²) in [7, 11) is 0. The monoisotopic (exact) mass is 480 g/mol. The first-order valence-electron chi connectivity index (χ1n) is 11.9. The molecule has 0 spiro atoms. The number of fused-ring (bicyclic) bond motifs is 1. The third-order valence-corrected chi connectivity index (χ3v) is 5.52. The van der Waals surface area contributed by atoms with Crippen LogP contribution in [0.2, 0.25) is 0 Å². The van der Waals surface area contributed by atoms with Gasteiger partial charge in [-0.2, -0.15) is 5.26 Å². The van der Waals surface area contributed by atoms with Gasteiger partial charge in [0.05, 0.1) is 18.8 Å². The Hall–Kier alpha value is -4.50. The number of aromatic nitrogens is 1. The number of nitrogens with zero attached hydrogens (tertiary/aromatic N) is 1. The van der Waals surface area contributed by atoms with Crippen LogP contribution in [0.1, 0.15) is 42.4 Å². The molecule has 4 aromatic rings. The quantitative estimate of drug-likeness (QED) is 0.208. The molecule has 0 fully saturated rings. The molecular formula is C30H28N2O4. The van der Waals surface area contributed by atoms with E-state index in [4.69, 9.17) is 14.2 Å². The Morgan fingerprint density at radius 1 is 1.06 bits per heavy atom. The van der Waals surface area contributed by atoms with E-state index in [9.17, 15) is 10.1 Å². The topological polar surface area (TPSA) is 84.3 Å². The molecule has 0 radical (unpaired) electrons. The summed E-state index contributed by atoms with van der Waals surface area (Å²) in [6, 6.07) is 23.5. The Kier molecular flexibility index (Phi) is 7.72. The smallest absolute Gasteiger partial charge is 0.355 e. The molecule has 0 unspecified atom stereocenters. The number of nitrogens with one attached hydrogen (secondary N) is 1. The minimum absolute atomic E-state index is 0.0589. The van der Waals surface area contributed by atoms with Crippen molar-refractivity contribution in [1.82, 2.24) is 4.98 Å². The largest absolute Gasteiger partial charge is 0.491 e. The third-order valence-electron chi connectivity index (χ3n) is 5.52. The van der Waals surface area contributed by atoms with Gasteiger partial charge in [0.2, 0.25) is 0 Å². The van der Waals surface area contributed by atoms with Gasteiger partial charge in [-0.1, -0.05) is 42.5 Å². The molecular weight excluding hydrogens is 452 g/mol. The van der Waals surface area contributed by atoms with Gasteiger partial charge in [-0.25, -0.2) is 4.79 Å². The lowest BCUT2D eigenvalue weighted by Gasteiger charge is -2.15. The van der Waals surface area contributed by atoms with Crippen LogP contribution < -0.4 is 9.47 Å². The fourth-order valence-corrected chi connectivity index (χ4v) is 4.06. The molecule has 0 aliphatic rings. The van der Waals surface area contributed by atoms with Crippen LogP contribution in [0.3, 0.4) is 0 Å². The fourth-order valence-electron chi connectivity index (χ4n) is 4.06. The van der Waals surface area contributed by atoms with Gasteiger partial charge >= 0.3 is 5.97 Å². The Balaban J connectivity index is 1.91. The van der Waals surface area contributed by atoms with Crippen LogP contribution in [-0.4, -0.2) is 23.7 Å². The molecule has 3 aromatic carbocycles. The molecule has 0 bridgehead atoms. The minimum Gasteiger partial charge on any atom is -0.491 e. The maximum atomic E-state index is 12.8. The van der Waals surface area contributed by atoms with Crippen LogP contribution in [0.5, 0.6) is 11.5 Å². The number of aromatic amines is 1. The highest BCUT2D eigenvalue weighted by Gasteiger charge is 2.23. The first kappa shape index (κ1) is 24.6. The van der Waals surface area contributed by atoms with Crippen LogP contribution in [0.4, 0.5) is 0 Å². The second kappa shape index (κ2) is 11.3. The van der Waals surface area contributed by atoms with Crippen molar-refractivity contribution in [3.8, 4) is 28.7 Å².